The van der Waals surface area contributed by atoms with Crippen LogP contribution in [0, 0.1) is 0 Å². The summed E-state index contributed by atoms with van der Waals surface area (Å²) in [6.07, 6.45) is 1.74. The number of nitrogens with zero attached hydrogens (tertiary/aromatic N) is 1. The molecular formula is C14H18N2O2. The normalized spacial score (nSPS) is 12.6. The minimum atomic E-state index is -0.200. The van der Waals surface area contributed by atoms with Gasteiger partial charge in [-0.15, -0.1) is 0 Å². The highest BCUT2D eigenvalue weighted by molar-refractivity contribution is 5.82. The second kappa shape index (κ2) is 5.23. The van der Waals surface area contributed by atoms with Gasteiger partial charge in [0.1, 0.15) is 5.58 Å². The first-order valence-electron chi connectivity index (χ1n) is 5.99. The lowest BCUT2D eigenvalue weighted by Crippen LogP contribution is -2.41. The van der Waals surface area contributed by atoms with E-state index < -0.39 is 0 Å². The van der Waals surface area contributed by atoms with Gasteiger partial charge < -0.3 is 14.6 Å². The molecule has 18 heavy (non-hydrogen) atoms. The zero-order valence-electron chi connectivity index (χ0n) is 10.9. The molecule has 0 fully saturated rings. The lowest BCUT2D eigenvalue weighted by Gasteiger charge is -2.17. The average molecular weight is 246 g/mol. The van der Waals surface area contributed by atoms with Crippen LogP contribution in [0.3, 0.4) is 0 Å². The molecule has 1 aromatic heterocycles. The Hall–Kier alpha value is -1.81. The van der Waals surface area contributed by atoms with Crippen molar-refractivity contribution >= 4 is 16.9 Å². The predicted molar refractivity (Wildman–Crippen MR) is 71.2 cm³/mol. The average Bonchev–Trinajstić information content (AvgIpc) is 2.78. The summed E-state index contributed by atoms with van der Waals surface area (Å²) in [6, 6.07) is 7.69. The number of para-hydroxylation sites is 1. The lowest BCUT2D eigenvalue weighted by atomic mass is 10.1. The molecule has 2 rings (SSSR count). The number of fused-ring (bicyclic) bond motifs is 1. The van der Waals surface area contributed by atoms with Gasteiger partial charge in [0, 0.05) is 31.6 Å². The van der Waals surface area contributed by atoms with E-state index in [1.807, 2.05) is 31.2 Å². The van der Waals surface area contributed by atoms with Crippen molar-refractivity contribution in [3.05, 3.63) is 36.1 Å². The van der Waals surface area contributed by atoms with Gasteiger partial charge in [-0.1, -0.05) is 18.2 Å². The molecule has 1 amide bonds. The summed E-state index contributed by atoms with van der Waals surface area (Å²) in [6.45, 7) is 2.49. The molecule has 0 saturated carbocycles. The number of hydrogen-bond donors (Lipinski definition) is 1. The van der Waals surface area contributed by atoms with Crippen LogP contribution in [0.25, 0.3) is 11.0 Å². The van der Waals surface area contributed by atoms with E-state index in [1.165, 1.54) is 0 Å². The van der Waals surface area contributed by atoms with Gasteiger partial charge in [0.25, 0.3) is 0 Å². The molecule has 0 radical (unpaired) electrons. The summed E-state index contributed by atoms with van der Waals surface area (Å²) in [5.41, 5.74) is 1.95. The highest BCUT2D eigenvalue weighted by Crippen LogP contribution is 2.20. The maximum absolute atomic E-state index is 11.7. The van der Waals surface area contributed by atoms with Crippen LogP contribution in [0.5, 0.6) is 0 Å². The summed E-state index contributed by atoms with van der Waals surface area (Å²) < 4.78 is 5.45. The Morgan fingerprint density at radius 3 is 2.83 bits per heavy atom. The summed E-state index contributed by atoms with van der Waals surface area (Å²) >= 11 is 0. The number of benzene rings is 1. The van der Waals surface area contributed by atoms with Crippen molar-refractivity contribution in [3.63, 3.8) is 0 Å². The van der Waals surface area contributed by atoms with Crippen molar-refractivity contribution in [3.8, 4) is 0 Å². The number of nitrogens with one attached hydrogen (secondary N) is 1. The molecule has 4 heteroatoms. The first-order chi connectivity index (χ1) is 8.59. The highest BCUT2D eigenvalue weighted by Gasteiger charge is 2.14. The summed E-state index contributed by atoms with van der Waals surface area (Å²) in [4.78, 5) is 13.3. The minimum absolute atomic E-state index is 0.0720. The van der Waals surface area contributed by atoms with Crippen molar-refractivity contribution in [2.24, 2.45) is 0 Å². The van der Waals surface area contributed by atoms with Crippen LogP contribution in [-0.2, 0) is 11.3 Å². The van der Waals surface area contributed by atoms with Gasteiger partial charge in [0.05, 0.1) is 12.3 Å². The van der Waals surface area contributed by atoms with E-state index in [1.54, 1.807) is 25.3 Å². The number of carbonyl (C=O) groups excluding carboxylic acids is 1. The SMILES string of the molecule is CC(NCc1coc2ccccc12)C(=O)N(C)C. The maximum atomic E-state index is 11.7. The molecule has 4 nitrogen and oxygen atoms in total. The molecular weight excluding hydrogens is 228 g/mol. The zero-order chi connectivity index (χ0) is 13.1. The Labute approximate surface area is 107 Å². The number of amides is 1. The van der Waals surface area contributed by atoms with Gasteiger partial charge >= 0.3 is 0 Å². The van der Waals surface area contributed by atoms with Crippen LogP contribution in [0.2, 0.25) is 0 Å². The quantitative estimate of drug-likeness (QED) is 0.897. The van der Waals surface area contributed by atoms with E-state index in [9.17, 15) is 4.79 Å². The minimum Gasteiger partial charge on any atom is -0.464 e. The second-order valence-electron chi connectivity index (χ2n) is 4.59. The Kier molecular flexibility index (Phi) is 3.67. The van der Waals surface area contributed by atoms with E-state index >= 15 is 0 Å². The van der Waals surface area contributed by atoms with E-state index in [0.29, 0.717) is 6.54 Å². The van der Waals surface area contributed by atoms with Crippen LogP contribution in [0.1, 0.15) is 12.5 Å². The molecule has 0 saturated heterocycles. The fourth-order valence-electron chi connectivity index (χ4n) is 1.91. The van der Waals surface area contributed by atoms with Crippen molar-refractivity contribution in [1.82, 2.24) is 10.2 Å². The Morgan fingerprint density at radius 1 is 1.39 bits per heavy atom. The third kappa shape index (κ3) is 2.54. The molecule has 2 aromatic rings. The van der Waals surface area contributed by atoms with E-state index in [4.69, 9.17) is 4.42 Å². The molecule has 0 bridgehead atoms. The van der Waals surface area contributed by atoms with Crippen molar-refractivity contribution in [2.75, 3.05) is 14.1 Å². The first kappa shape index (κ1) is 12.6. The van der Waals surface area contributed by atoms with Gasteiger partial charge in [-0.25, -0.2) is 0 Å². The predicted octanol–water partition coefficient (Wildman–Crippen LogP) is 2.00. The molecule has 1 unspecified atom stereocenters. The standard InChI is InChI=1S/C14H18N2O2/c1-10(14(17)16(2)3)15-8-11-9-18-13-7-5-4-6-12(11)13/h4-7,9-10,15H,8H2,1-3H3. The van der Waals surface area contributed by atoms with Gasteiger partial charge in [0.2, 0.25) is 5.91 Å². The summed E-state index contributed by atoms with van der Waals surface area (Å²) in [7, 11) is 3.52. The molecule has 1 heterocycles. The summed E-state index contributed by atoms with van der Waals surface area (Å²) in [5.74, 6) is 0.0720. The first-order valence-corrected chi connectivity index (χ1v) is 5.99. The second-order valence-corrected chi connectivity index (χ2v) is 4.59. The molecule has 0 aliphatic heterocycles. The van der Waals surface area contributed by atoms with Gasteiger partial charge in [-0.3, -0.25) is 4.79 Å². The fraction of sp³-hybridized carbons (Fsp3) is 0.357. The van der Waals surface area contributed by atoms with Crippen molar-refractivity contribution in [1.29, 1.82) is 0 Å². The monoisotopic (exact) mass is 246 g/mol. The van der Waals surface area contributed by atoms with Gasteiger partial charge in [0.15, 0.2) is 0 Å². The molecule has 1 N–H and O–H groups in total. The zero-order valence-corrected chi connectivity index (χ0v) is 10.9. The molecule has 0 aliphatic carbocycles. The Balaban J connectivity index is 2.04. The largest absolute Gasteiger partial charge is 0.464 e. The van der Waals surface area contributed by atoms with Crippen molar-refractivity contribution in [2.45, 2.75) is 19.5 Å². The number of likely N-dealkylation sites (N-methyl/N-ethyl adjacent to an activating group) is 1. The molecule has 0 aliphatic rings. The molecule has 96 valence electrons. The van der Waals surface area contributed by atoms with Crippen LogP contribution >= 0.6 is 0 Å². The highest BCUT2D eigenvalue weighted by atomic mass is 16.3. The van der Waals surface area contributed by atoms with Crippen LogP contribution < -0.4 is 5.32 Å². The topological polar surface area (TPSA) is 45.5 Å². The van der Waals surface area contributed by atoms with Gasteiger partial charge in [-0.05, 0) is 13.0 Å². The lowest BCUT2D eigenvalue weighted by molar-refractivity contribution is -0.130. The number of carbonyl (C=O) groups is 1. The Morgan fingerprint density at radius 2 is 2.11 bits per heavy atom. The number of hydrogen-bond acceptors (Lipinski definition) is 3. The van der Waals surface area contributed by atoms with Crippen molar-refractivity contribution < 1.29 is 9.21 Å². The van der Waals surface area contributed by atoms with E-state index in [2.05, 4.69) is 5.32 Å². The Bertz CT molecular complexity index is 545. The number of rotatable bonds is 4. The third-order valence-electron chi connectivity index (χ3n) is 2.97. The maximum Gasteiger partial charge on any atom is 0.238 e. The smallest absolute Gasteiger partial charge is 0.238 e. The van der Waals surface area contributed by atoms with E-state index in [-0.39, 0.29) is 11.9 Å². The number of furan rings is 1. The van der Waals surface area contributed by atoms with E-state index in [0.717, 1.165) is 16.5 Å². The van der Waals surface area contributed by atoms with Gasteiger partial charge in [-0.2, -0.15) is 0 Å². The molecule has 1 aromatic carbocycles. The van der Waals surface area contributed by atoms with Crippen LogP contribution in [0.4, 0.5) is 0 Å². The molecule has 0 spiro atoms. The van der Waals surface area contributed by atoms with Crippen LogP contribution in [0.15, 0.2) is 34.9 Å². The molecule has 1 atom stereocenters. The third-order valence-corrected chi connectivity index (χ3v) is 2.97. The van der Waals surface area contributed by atoms with Crippen LogP contribution in [-0.4, -0.2) is 30.9 Å². The summed E-state index contributed by atoms with van der Waals surface area (Å²) in [5, 5.41) is 4.30. The fourth-order valence-corrected chi connectivity index (χ4v) is 1.91.